The van der Waals surface area contributed by atoms with E-state index in [2.05, 4.69) is 10.4 Å². The van der Waals surface area contributed by atoms with E-state index in [1.54, 1.807) is 22.9 Å². The van der Waals surface area contributed by atoms with Gasteiger partial charge in [-0.1, -0.05) is 0 Å². The summed E-state index contributed by atoms with van der Waals surface area (Å²) in [6.07, 6.45) is 2.26. The zero-order valence-corrected chi connectivity index (χ0v) is 16.4. The van der Waals surface area contributed by atoms with Crippen LogP contribution in [0.15, 0.2) is 30.3 Å². The number of rotatable bonds is 6. The van der Waals surface area contributed by atoms with Crippen molar-refractivity contribution in [2.45, 2.75) is 32.7 Å². The van der Waals surface area contributed by atoms with Crippen molar-refractivity contribution in [1.82, 2.24) is 15.1 Å². The number of carbonyl (C=O) groups is 2. The number of thiophene rings is 1. The van der Waals surface area contributed by atoms with E-state index in [1.807, 2.05) is 13.8 Å². The number of hydrogen-bond acceptors (Lipinski definition) is 5. The monoisotopic (exact) mass is 401 g/mol. The molecule has 2 aromatic heterocycles. The highest BCUT2D eigenvalue weighted by Crippen LogP contribution is 2.32. The maximum Gasteiger partial charge on any atom is 0.348 e. The van der Waals surface area contributed by atoms with Crippen LogP contribution in [-0.2, 0) is 9.53 Å². The summed E-state index contributed by atoms with van der Waals surface area (Å²) in [7, 11) is 0. The van der Waals surface area contributed by atoms with Gasteiger partial charge in [0.25, 0.3) is 5.91 Å². The number of benzene rings is 1. The lowest BCUT2D eigenvalue weighted by Crippen LogP contribution is -2.37. The molecule has 1 aliphatic carbocycles. The molecule has 1 aromatic carbocycles. The Labute approximate surface area is 165 Å². The van der Waals surface area contributed by atoms with Gasteiger partial charge in [0.1, 0.15) is 15.5 Å². The van der Waals surface area contributed by atoms with Crippen LogP contribution in [-0.4, -0.2) is 34.3 Å². The third kappa shape index (κ3) is 3.77. The van der Waals surface area contributed by atoms with Gasteiger partial charge in [-0.15, -0.1) is 11.3 Å². The minimum absolute atomic E-state index is 0.111. The fourth-order valence-electron chi connectivity index (χ4n) is 3.12. The summed E-state index contributed by atoms with van der Waals surface area (Å²) in [5.41, 5.74) is 1.46. The van der Waals surface area contributed by atoms with Crippen molar-refractivity contribution in [2.24, 2.45) is 5.92 Å². The fourth-order valence-corrected chi connectivity index (χ4v) is 4.19. The van der Waals surface area contributed by atoms with E-state index in [4.69, 9.17) is 4.74 Å². The van der Waals surface area contributed by atoms with Crippen LogP contribution < -0.4 is 5.32 Å². The predicted molar refractivity (Wildman–Crippen MR) is 104 cm³/mol. The highest BCUT2D eigenvalue weighted by molar-refractivity contribution is 7.20. The van der Waals surface area contributed by atoms with Crippen LogP contribution >= 0.6 is 11.3 Å². The van der Waals surface area contributed by atoms with Gasteiger partial charge in [-0.3, -0.25) is 4.79 Å². The lowest BCUT2D eigenvalue weighted by atomic mass is 10.2. The van der Waals surface area contributed by atoms with Crippen molar-refractivity contribution in [3.8, 4) is 5.69 Å². The van der Waals surface area contributed by atoms with Crippen molar-refractivity contribution in [1.29, 1.82) is 0 Å². The Balaban J connectivity index is 1.48. The molecule has 28 heavy (non-hydrogen) atoms. The average Bonchev–Trinajstić information content (AvgIpc) is 3.36. The number of aromatic nitrogens is 2. The zero-order valence-electron chi connectivity index (χ0n) is 15.6. The number of esters is 1. The van der Waals surface area contributed by atoms with Gasteiger partial charge in [0, 0.05) is 11.4 Å². The molecular formula is C20H20FN3O3S. The number of fused-ring (bicyclic) bond motifs is 1. The molecule has 1 fully saturated rings. The number of hydrogen-bond donors (Lipinski definition) is 1. The largest absolute Gasteiger partial charge is 0.451 e. The summed E-state index contributed by atoms with van der Waals surface area (Å²) in [4.78, 5) is 25.5. The summed E-state index contributed by atoms with van der Waals surface area (Å²) < 4.78 is 20.0. The van der Waals surface area contributed by atoms with Crippen LogP contribution in [0.25, 0.3) is 15.9 Å². The molecule has 0 spiro atoms. The van der Waals surface area contributed by atoms with Gasteiger partial charge >= 0.3 is 5.97 Å². The number of halogens is 1. The van der Waals surface area contributed by atoms with E-state index < -0.39 is 5.97 Å². The van der Waals surface area contributed by atoms with Gasteiger partial charge in [0.15, 0.2) is 6.61 Å². The number of carbonyl (C=O) groups excluding carboxylic acids is 2. The Hall–Kier alpha value is -2.74. The van der Waals surface area contributed by atoms with Crippen molar-refractivity contribution in [3.05, 3.63) is 46.7 Å². The average molecular weight is 401 g/mol. The molecule has 3 aromatic rings. The first-order valence-corrected chi connectivity index (χ1v) is 9.95. The van der Waals surface area contributed by atoms with Crippen LogP contribution in [0.2, 0.25) is 0 Å². The maximum absolute atomic E-state index is 13.2. The molecule has 1 saturated carbocycles. The smallest absolute Gasteiger partial charge is 0.348 e. The van der Waals surface area contributed by atoms with Crippen LogP contribution in [0, 0.1) is 18.7 Å². The summed E-state index contributed by atoms with van der Waals surface area (Å²) in [5, 5.41) is 8.15. The Morgan fingerprint density at radius 1 is 1.36 bits per heavy atom. The molecule has 0 unspecified atom stereocenters. The molecule has 2 heterocycles. The molecule has 8 heteroatoms. The highest BCUT2D eigenvalue weighted by atomic mass is 32.1. The van der Waals surface area contributed by atoms with E-state index in [9.17, 15) is 14.0 Å². The third-order valence-electron chi connectivity index (χ3n) is 4.87. The number of aryl methyl sites for hydroxylation is 1. The normalized spacial score (nSPS) is 14.8. The molecule has 1 N–H and O–H groups in total. The summed E-state index contributed by atoms with van der Waals surface area (Å²) in [6, 6.07) is 7.81. The first-order chi connectivity index (χ1) is 13.4. The maximum atomic E-state index is 13.2. The first kappa shape index (κ1) is 18.6. The van der Waals surface area contributed by atoms with E-state index in [0.717, 1.165) is 28.8 Å². The van der Waals surface area contributed by atoms with Gasteiger partial charge in [0.05, 0.1) is 11.4 Å². The van der Waals surface area contributed by atoms with E-state index in [-0.39, 0.29) is 24.4 Å². The van der Waals surface area contributed by atoms with Gasteiger partial charge in [0.2, 0.25) is 0 Å². The summed E-state index contributed by atoms with van der Waals surface area (Å²) >= 11 is 1.23. The number of ether oxygens (including phenoxy) is 1. The molecule has 0 bridgehead atoms. The van der Waals surface area contributed by atoms with Crippen molar-refractivity contribution < 1.29 is 18.7 Å². The Morgan fingerprint density at radius 3 is 2.75 bits per heavy atom. The van der Waals surface area contributed by atoms with Crippen molar-refractivity contribution in [3.63, 3.8) is 0 Å². The lowest BCUT2D eigenvalue weighted by molar-refractivity contribution is -0.124. The van der Waals surface area contributed by atoms with Gasteiger partial charge < -0.3 is 10.1 Å². The van der Waals surface area contributed by atoms with Crippen LogP contribution in [0.4, 0.5) is 4.39 Å². The second kappa shape index (κ2) is 7.35. The minimum atomic E-state index is -0.541. The molecule has 4 rings (SSSR count). The Morgan fingerprint density at radius 2 is 2.07 bits per heavy atom. The SMILES string of the molecule is Cc1nn(-c2ccc(F)cc2)c2sc(C(=O)OCC(=O)N[C@H](C)C3CC3)cc12. The molecule has 1 atom stereocenters. The topological polar surface area (TPSA) is 73.2 Å². The first-order valence-electron chi connectivity index (χ1n) is 9.14. The highest BCUT2D eigenvalue weighted by Gasteiger charge is 2.29. The molecule has 146 valence electrons. The summed E-state index contributed by atoms with van der Waals surface area (Å²) in [6.45, 7) is 3.51. The fraction of sp³-hybridized carbons (Fsp3) is 0.350. The van der Waals surface area contributed by atoms with Crippen molar-refractivity contribution >= 4 is 33.4 Å². The van der Waals surface area contributed by atoms with E-state index >= 15 is 0 Å². The lowest BCUT2D eigenvalue weighted by Gasteiger charge is -2.12. The quantitative estimate of drug-likeness (QED) is 0.641. The molecule has 0 radical (unpaired) electrons. The van der Waals surface area contributed by atoms with E-state index in [1.165, 1.54) is 23.5 Å². The number of nitrogens with one attached hydrogen (secondary N) is 1. The minimum Gasteiger partial charge on any atom is -0.451 e. The third-order valence-corrected chi connectivity index (χ3v) is 5.96. The molecule has 0 saturated heterocycles. The predicted octanol–water partition coefficient (Wildman–Crippen LogP) is 3.61. The van der Waals surface area contributed by atoms with Crippen LogP contribution in [0.1, 0.15) is 35.1 Å². The van der Waals surface area contributed by atoms with Gasteiger partial charge in [-0.2, -0.15) is 5.10 Å². The second-order valence-electron chi connectivity index (χ2n) is 7.07. The van der Waals surface area contributed by atoms with Crippen LogP contribution in [0.3, 0.4) is 0 Å². The number of amides is 1. The summed E-state index contributed by atoms with van der Waals surface area (Å²) in [5.74, 6) is -0.615. The number of nitrogens with zero attached hydrogens (tertiary/aromatic N) is 2. The van der Waals surface area contributed by atoms with Crippen LogP contribution in [0.5, 0.6) is 0 Å². The van der Waals surface area contributed by atoms with Gasteiger partial charge in [-0.05, 0) is 62.9 Å². The molecule has 6 nitrogen and oxygen atoms in total. The van der Waals surface area contributed by atoms with Crippen molar-refractivity contribution in [2.75, 3.05) is 6.61 Å². The molecule has 0 aliphatic heterocycles. The second-order valence-corrected chi connectivity index (χ2v) is 8.10. The molecule has 1 aliphatic rings. The van der Waals surface area contributed by atoms with Gasteiger partial charge in [-0.25, -0.2) is 13.9 Å². The Kier molecular flexibility index (Phi) is 4.89. The molecule has 1 amide bonds. The Bertz CT molecular complexity index is 1040. The molecular weight excluding hydrogens is 381 g/mol. The van der Waals surface area contributed by atoms with E-state index in [0.29, 0.717) is 16.5 Å². The zero-order chi connectivity index (χ0) is 19.8. The standard InChI is InChI=1S/C20H20FN3O3S/c1-11(13-3-4-13)22-18(25)10-27-20(26)17-9-16-12(2)23-24(19(16)28-17)15-7-5-14(21)6-8-15/h5-9,11,13H,3-4,10H2,1-2H3,(H,22,25)/t11-/m1/s1.